The van der Waals surface area contributed by atoms with E-state index in [1.165, 1.54) is 14.2 Å². The van der Waals surface area contributed by atoms with Crippen LogP contribution in [-0.2, 0) is 6.54 Å². The van der Waals surface area contributed by atoms with Crippen molar-refractivity contribution in [1.29, 1.82) is 0 Å². The average Bonchev–Trinajstić information content (AvgIpc) is 3.03. The number of hydrogen-bond acceptors (Lipinski definition) is 3. The minimum Gasteiger partial charge on any atom is -0.327 e. The van der Waals surface area contributed by atoms with E-state index >= 15 is 0 Å². The van der Waals surface area contributed by atoms with E-state index in [1.807, 2.05) is 6.07 Å². The van der Waals surface area contributed by atoms with Gasteiger partial charge in [-0.1, -0.05) is 12.1 Å². The normalized spacial score (nSPS) is 12.9. The molecular formula is C16H18BrN3S. The molecule has 3 rings (SSSR count). The summed E-state index contributed by atoms with van der Waals surface area (Å²) in [6, 6.07) is 13.0. The van der Waals surface area contributed by atoms with E-state index in [-0.39, 0.29) is 0 Å². The third-order valence-corrected chi connectivity index (χ3v) is 5.46. The molecule has 0 amide bonds. The van der Waals surface area contributed by atoms with Crippen molar-refractivity contribution < 1.29 is 0 Å². The van der Waals surface area contributed by atoms with Gasteiger partial charge in [-0.05, 0) is 54.0 Å². The summed E-state index contributed by atoms with van der Waals surface area (Å²) in [6.45, 7) is 6.14. The number of thiophene rings is 1. The highest BCUT2D eigenvalue weighted by molar-refractivity contribution is 9.11. The Kier molecular flexibility index (Phi) is 4.42. The molecule has 1 unspecified atom stereocenters. The molecule has 0 radical (unpaired) electrons. The molecule has 0 saturated carbocycles. The van der Waals surface area contributed by atoms with Crippen LogP contribution >= 0.6 is 27.3 Å². The third kappa shape index (κ3) is 3.20. The molecule has 2 heterocycles. The second-order valence-electron chi connectivity index (χ2n) is 5.12. The zero-order chi connectivity index (χ0) is 14.8. The van der Waals surface area contributed by atoms with E-state index < -0.39 is 0 Å². The lowest BCUT2D eigenvalue weighted by Gasteiger charge is -2.13. The van der Waals surface area contributed by atoms with Crippen LogP contribution in [0.2, 0.25) is 0 Å². The lowest BCUT2D eigenvalue weighted by atomic mass is 10.3. The number of hydrogen-bond donors (Lipinski definition) is 1. The van der Waals surface area contributed by atoms with E-state index in [9.17, 15) is 0 Å². The number of halogens is 1. The van der Waals surface area contributed by atoms with Crippen LogP contribution in [0.3, 0.4) is 0 Å². The lowest BCUT2D eigenvalue weighted by Crippen LogP contribution is -2.23. The highest BCUT2D eigenvalue weighted by Crippen LogP contribution is 2.27. The van der Waals surface area contributed by atoms with Crippen molar-refractivity contribution in [2.24, 2.45) is 0 Å². The number of imidazole rings is 1. The summed E-state index contributed by atoms with van der Waals surface area (Å²) in [7, 11) is 0. The van der Waals surface area contributed by atoms with Gasteiger partial charge in [0.2, 0.25) is 0 Å². The van der Waals surface area contributed by atoms with Crippen LogP contribution in [0, 0.1) is 6.92 Å². The standard InChI is InChI=1S/C16H18BrN3S/c1-11(15-7-8-16(17)21-15)18-9-10-20-12(2)19-13-5-3-4-6-14(13)20/h3-8,11,18H,9-10H2,1-2H3. The van der Waals surface area contributed by atoms with Gasteiger partial charge in [-0.3, -0.25) is 0 Å². The summed E-state index contributed by atoms with van der Waals surface area (Å²) in [5.74, 6) is 1.07. The van der Waals surface area contributed by atoms with Gasteiger partial charge in [0, 0.05) is 24.0 Å². The topological polar surface area (TPSA) is 29.9 Å². The molecule has 0 fully saturated rings. The lowest BCUT2D eigenvalue weighted by molar-refractivity contribution is 0.537. The Labute approximate surface area is 137 Å². The molecule has 0 bridgehead atoms. The van der Waals surface area contributed by atoms with Crippen molar-refractivity contribution in [2.45, 2.75) is 26.4 Å². The average molecular weight is 364 g/mol. The molecule has 0 saturated heterocycles. The van der Waals surface area contributed by atoms with Crippen molar-refractivity contribution >= 4 is 38.3 Å². The number of benzene rings is 1. The molecule has 3 aromatic rings. The zero-order valence-corrected chi connectivity index (χ0v) is 14.5. The summed E-state index contributed by atoms with van der Waals surface area (Å²) in [6.07, 6.45) is 0. The van der Waals surface area contributed by atoms with Crippen LogP contribution in [-0.4, -0.2) is 16.1 Å². The first-order valence-electron chi connectivity index (χ1n) is 7.05. The molecule has 1 atom stereocenters. The SMILES string of the molecule is Cc1nc2ccccc2n1CCNC(C)c1ccc(Br)s1. The molecule has 2 aromatic heterocycles. The quantitative estimate of drug-likeness (QED) is 0.721. The Balaban J connectivity index is 1.65. The highest BCUT2D eigenvalue weighted by atomic mass is 79.9. The molecule has 0 aliphatic carbocycles. The number of aromatic nitrogens is 2. The first-order chi connectivity index (χ1) is 10.1. The zero-order valence-electron chi connectivity index (χ0n) is 12.1. The summed E-state index contributed by atoms with van der Waals surface area (Å²) < 4.78 is 3.46. The largest absolute Gasteiger partial charge is 0.327 e. The second kappa shape index (κ2) is 6.30. The van der Waals surface area contributed by atoms with Crippen molar-refractivity contribution in [2.75, 3.05) is 6.54 Å². The third-order valence-electron chi connectivity index (χ3n) is 3.65. The van der Waals surface area contributed by atoms with E-state index in [0.717, 1.165) is 24.4 Å². The summed E-state index contributed by atoms with van der Waals surface area (Å²) in [5, 5.41) is 3.58. The van der Waals surface area contributed by atoms with Crippen LogP contribution in [0.25, 0.3) is 11.0 Å². The van der Waals surface area contributed by atoms with Crippen molar-refractivity contribution in [1.82, 2.24) is 14.9 Å². The predicted molar refractivity (Wildman–Crippen MR) is 92.9 cm³/mol. The summed E-state index contributed by atoms with van der Waals surface area (Å²) in [5.41, 5.74) is 2.29. The highest BCUT2D eigenvalue weighted by Gasteiger charge is 2.09. The second-order valence-corrected chi connectivity index (χ2v) is 7.61. The summed E-state index contributed by atoms with van der Waals surface area (Å²) in [4.78, 5) is 5.96. The maximum Gasteiger partial charge on any atom is 0.106 e. The number of rotatable bonds is 5. The van der Waals surface area contributed by atoms with Crippen LogP contribution in [0.5, 0.6) is 0 Å². The van der Waals surface area contributed by atoms with Gasteiger partial charge in [0.15, 0.2) is 0 Å². The van der Waals surface area contributed by atoms with Gasteiger partial charge < -0.3 is 9.88 Å². The van der Waals surface area contributed by atoms with E-state index in [4.69, 9.17) is 0 Å². The van der Waals surface area contributed by atoms with Gasteiger partial charge in [-0.25, -0.2) is 4.98 Å². The maximum atomic E-state index is 4.60. The van der Waals surface area contributed by atoms with Crippen LogP contribution < -0.4 is 5.32 Å². The molecule has 1 aromatic carbocycles. The fraction of sp³-hybridized carbons (Fsp3) is 0.312. The number of aryl methyl sites for hydroxylation is 1. The summed E-state index contributed by atoms with van der Waals surface area (Å²) >= 11 is 5.30. The number of fused-ring (bicyclic) bond motifs is 1. The van der Waals surface area contributed by atoms with Crippen LogP contribution in [0.1, 0.15) is 23.7 Å². The Bertz CT molecular complexity index is 747. The van der Waals surface area contributed by atoms with Gasteiger partial charge in [0.05, 0.1) is 14.8 Å². The Morgan fingerprint density at radius 3 is 2.86 bits per heavy atom. The molecule has 3 nitrogen and oxygen atoms in total. The van der Waals surface area contributed by atoms with Crippen LogP contribution in [0.4, 0.5) is 0 Å². The van der Waals surface area contributed by atoms with Crippen molar-refractivity contribution in [3.8, 4) is 0 Å². The van der Waals surface area contributed by atoms with E-state index in [2.05, 4.69) is 75.0 Å². The first kappa shape index (κ1) is 14.8. The van der Waals surface area contributed by atoms with Gasteiger partial charge in [0.25, 0.3) is 0 Å². The smallest absolute Gasteiger partial charge is 0.106 e. The first-order valence-corrected chi connectivity index (χ1v) is 8.66. The molecule has 5 heteroatoms. The maximum absolute atomic E-state index is 4.60. The molecule has 0 aliphatic heterocycles. The van der Waals surface area contributed by atoms with E-state index in [1.54, 1.807) is 11.3 Å². The molecule has 1 N–H and O–H groups in total. The number of nitrogens with zero attached hydrogens (tertiary/aromatic N) is 2. The van der Waals surface area contributed by atoms with Gasteiger partial charge in [-0.15, -0.1) is 11.3 Å². The molecule has 110 valence electrons. The molecule has 21 heavy (non-hydrogen) atoms. The number of para-hydroxylation sites is 2. The molecular weight excluding hydrogens is 346 g/mol. The Morgan fingerprint density at radius 1 is 1.29 bits per heavy atom. The van der Waals surface area contributed by atoms with Crippen molar-refractivity contribution in [3.05, 3.63) is 50.9 Å². The van der Waals surface area contributed by atoms with Gasteiger partial charge in [0.1, 0.15) is 5.82 Å². The Hall–Kier alpha value is -1.17. The molecule has 0 spiro atoms. The monoisotopic (exact) mass is 363 g/mol. The molecule has 0 aliphatic rings. The van der Waals surface area contributed by atoms with Crippen LogP contribution in [0.15, 0.2) is 40.2 Å². The van der Waals surface area contributed by atoms with Crippen molar-refractivity contribution in [3.63, 3.8) is 0 Å². The van der Waals surface area contributed by atoms with Gasteiger partial charge in [-0.2, -0.15) is 0 Å². The van der Waals surface area contributed by atoms with Gasteiger partial charge >= 0.3 is 0 Å². The number of nitrogens with one attached hydrogen (secondary N) is 1. The minimum atomic E-state index is 0.372. The predicted octanol–water partition coefficient (Wildman–Crippen LogP) is 4.52. The van der Waals surface area contributed by atoms with E-state index in [0.29, 0.717) is 6.04 Å². The Morgan fingerprint density at radius 2 is 2.10 bits per heavy atom. The fourth-order valence-corrected chi connectivity index (χ4v) is 3.98. The minimum absolute atomic E-state index is 0.372. The fourth-order valence-electron chi connectivity index (χ4n) is 2.53.